The molecule has 0 saturated carbocycles. The second kappa shape index (κ2) is 6.46. The summed E-state index contributed by atoms with van der Waals surface area (Å²) >= 11 is 0. The molecule has 0 bridgehead atoms. The summed E-state index contributed by atoms with van der Waals surface area (Å²) in [6, 6.07) is 26.2. The summed E-state index contributed by atoms with van der Waals surface area (Å²) in [5.41, 5.74) is 9.30. The Morgan fingerprint density at radius 3 is 2.09 bits per heavy atom. The molecule has 1 atom stereocenters. The van der Waals surface area contributed by atoms with Gasteiger partial charge >= 0.3 is 0 Å². The van der Waals surface area contributed by atoms with Gasteiger partial charge in [0, 0.05) is 11.6 Å². The van der Waals surface area contributed by atoms with Gasteiger partial charge in [-0.05, 0) is 42.3 Å². The minimum absolute atomic E-state index is 0.00626. The molecule has 0 saturated heterocycles. The monoisotopic (exact) mass is 289 g/mol. The normalized spacial score (nSPS) is 11.9. The summed E-state index contributed by atoms with van der Waals surface area (Å²) in [7, 11) is 0. The van der Waals surface area contributed by atoms with E-state index in [1.807, 2.05) is 67.6 Å². The maximum atomic E-state index is 6.06. The summed E-state index contributed by atoms with van der Waals surface area (Å²) in [6.07, 6.45) is 0. The molecule has 1 unspecified atom stereocenters. The molecule has 2 heteroatoms. The van der Waals surface area contributed by atoms with E-state index in [9.17, 15) is 0 Å². The second-order valence-electron chi connectivity index (χ2n) is 5.33. The quantitative estimate of drug-likeness (QED) is 0.719. The lowest BCUT2D eigenvalue weighted by molar-refractivity contribution is 0.484. The van der Waals surface area contributed by atoms with Crippen molar-refractivity contribution in [3.8, 4) is 22.6 Å². The average Bonchev–Trinajstić information content (AvgIpc) is 2.57. The van der Waals surface area contributed by atoms with Crippen LogP contribution in [0.3, 0.4) is 0 Å². The van der Waals surface area contributed by atoms with Crippen molar-refractivity contribution < 1.29 is 4.74 Å². The Kier molecular flexibility index (Phi) is 4.22. The molecule has 0 aliphatic carbocycles. The van der Waals surface area contributed by atoms with E-state index >= 15 is 0 Å². The molecule has 2 nitrogen and oxygen atoms in total. The van der Waals surface area contributed by atoms with Crippen molar-refractivity contribution in [3.63, 3.8) is 0 Å². The van der Waals surface area contributed by atoms with Gasteiger partial charge in [-0.25, -0.2) is 0 Å². The third-order valence-electron chi connectivity index (χ3n) is 3.59. The van der Waals surface area contributed by atoms with E-state index < -0.39 is 0 Å². The van der Waals surface area contributed by atoms with E-state index in [-0.39, 0.29) is 6.04 Å². The first-order chi connectivity index (χ1) is 10.7. The molecule has 22 heavy (non-hydrogen) atoms. The summed E-state index contributed by atoms with van der Waals surface area (Å²) in [5, 5.41) is 0. The molecule has 3 rings (SSSR count). The summed E-state index contributed by atoms with van der Waals surface area (Å²) in [6.45, 7) is 1.99. The van der Waals surface area contributed by atoms with Gasteiger partial charge in [0.1, 0.15) is 11.5 Å². The van der Waals surface area contributed by atoms with Crippen LogP contribution in [0.25, 0.3) is 11.1 Å². The van der Waals surface area contributed by atoms with Crippen LogP contribution in [0.4, 0.5) is 0 Å². The minimum atomic E-state index is -0.00626. The molecule has 0 fully saturated rings. The highest BCUT2D eigenvalue weighted by molar-refractivity contribution is 5.71. The Hall–Kier alpha value is -2.58. The number of hydrogen-bond donors (Lipinski definition) is 1. The fraction of sp³-hybridized carbons (Fsp3) is 0.100. The Bertz CT molecular complexity index is 736. The Morgan fingerprint density at radius 1 is 0.818 bits per heavy atom. The van der Waals surface area contributed by atoms with Crippen molar-refractivity contribution in [2.75, 3.05) is 0 Å². The maximum Gasteiger partial charge on any atom is 0.135 e. The summed E-state index contributed by atoms with van der Waals surface area (Å²) < 4.78 is 6.06. The molecule has 0 aromatic heterocycles. The second-order valence-corrected chi connectivity index (χ2v) is 5.33. The van der Waals surface area contributed by atoms with Gasteiger partial charge in [-0.3, -0.25) is 0 Å². The van der Waals surface area contributed by atoms with Gasteiger partial charge in [0.15, 0.2) is 0 Å². The average molecular weight is 289 g/mol. The Morgan fingerprint density at radius 2 is 1.45 bits per heavy atom. The van der Waals surface area contributed by atoms with Gasteiger partial charge in [-0.1, -0.05) is 54.6 Å². The zero-order valence-electron chi connectivity index (χ0n) is 12.6. The number of nitrogens with two attached hydrogens (primary N) is 1. The Labute approximate surface area is 131 Å². The van der Waals surface area contributed by atoms with E-state index in [2.05, 4.69) is 18.2 Å². The van der Waals surface area contributed by atoms with Crippen LogP contribution in [0.2, 0.25) is 0 Å². The van der Waals surface area contributed by atoms with Crippen molar-refractivity contribution in [1.29, 1.82) is 0 Å². The van der Waals surface area contributed by atoms with Gasteiger partial charge in [-0.2, -0.15) is 0 Å². The number of benzene rings is 3. The lowest BCUT2D eigenvalue weighted by Crippen LogP contribution is -2.05. The third kappa shape index (κ3) is 3.18. The summed E-state index contributed by atoms with van der Waals surface area (Å²) in [5.74, 6) is 1.66. The molecule has 0 aliphatic heterocycles. The Balaban J connectivity index is 2.05. The van der Waals surface area contributed by atoms with Gasteiger partial charge in [-0.15, -0.1) is 0 Å². The molecule has 110 valence electrons. The molecular weight excluding hydrogens is 270 g/mol. The van der Waals surface area contributed by atoms with Crippen LogP contribution in [-0.4, -0.2) is 0 Å². The molecule has 0 aliphatic rings. The first-order valence-corrected chi connectivity index (χ1v) is 7.42. The van der Waals surface area contributed by atoms with E-state index in [1.54, 1.807) is 0 Å². The minimum Gasteiger partial charge on any atom is -0.457 e. The van der Waals surface area contributed by atoms with Crippen LogP contribution in [0.15, 0.2) is 78.9 Å². The van der Waals surface area contributed by atoms with E-state index in [0.29, 0.717) is 0 Å². The van der Waals surface area contributed by atoms with Crippen LogP contribution in [0.1, 0.15) is 18.5 Å². The fourth-order valence-corrected chi connectivity index (χ4v) is 2.38. The standard InChI is InChI=1S/C20H19NO/c1-15(21)17-12-13-20(22-18-10-6-3-7-11-18)19(14-17)16-8-4-2-5-9-16/h2-15H,21H2,1H3. The predicted octanol–water partition coefficient (Wildman–Crippen LogP) is 5.17. The van der Waals surface area contributed by atoms with Crippen molar-refractivity contribution in [1.82, 2.24) is 0 Å². The van der Waals surface area contributed by atoms with Crippen LogP contribution >= 0.6 is 0 Å². The first-order valence-electron chi connectivity index (χ1n) is 7.42. The van der Waals surface area contributed by atoms with Crippen molar-refractivity contribution >= 4 is 0 Å². The molecular formula is C20H19NO. The highest BCUT2D eigenvalue weighted by Crippen LogP contribution is 2.35. The van der Waals surface area contributed by atoms with Crippen LogP contribution in [-0.2, 0) is 0 Å². The van der Waals surface area contributed by atoms with Crippen molar-refractivity contribution in [2.24, 2.45) is 5.73 Å². The smallest absolute Gasteiger partial charge is 0.135 e. The highest BCUT2D eigenvalue weighted by atomic mass is 16.5. The largest absolute Gasteiger partial charge is 0.457 e. The van der Waals surface area contributed by atoms with E-state index in [0.717, 1.165) is 28.2 Å². The highest BCUT2D eigenvalue weighted by Gasteiger charge is 2.10. The lowest BCUT2D eigenvalue weighted by Gasteiger charge is -2.15. The molecule has 0 radical (unpaired) electrons. The lowest BCUT2D eigenvalue weighted by atomic mass is 9.99. The van der Waals surface area contributed by atoms with Crippen LogP contribution < -0.4 is 10.5 Å². The van der Waals surface area contributed by atoms with E-state index in [1.165, 1.54) is 0 Å². The third-order valence-corrected chi connectivity index (χ3v) is 3.59. The van der Waals surface area contributed by atoms with E-state index in [4.69, 9.17) is 10.5 Å². The molecule has 3 aromatic carbocycles. The summed E-state index contributed by atoms with van der Waals surface area (Å²) in [4.78, 5) is 0. The number of rotatable bonds is 4. The molecule has 2 N–H and O–H groups in total. The zero-order valence-corrected chi connectivity index (χ0v) is 12.6. The van der Waals surface area contributed by atoms with Crippen LogP contribution in [0.5, 0.6) is 11.5 Å². The molecule has 0 spiro atoms. The van der Waals surface area contributed by atoms with Gasteiger partial charge in [0.25, 0.3) is 0 Å². The van der Waals surface area contributed by atoms with Gasteiger partial charge in [0.05, 0.1) is 0 Å². The van der Waals surface area contributed by atoms with Gasteiger partial charge in [0.2, 0.25) is 0 Å². The van der Waals surface area contributed by atoms with Gasteiger partial charge < -0.3 is 10.5 Å². The van der Waals surface area contributed by atoms with Crippen molar-refractivity contribution in [2.45, 2.75) is 13.0 Å². The number of ether oxygens (including phenoxy) is 1. The van der Waals surface area contributed by atoms with Crippen molar-refractivity contribution in [3.05, 3.63) is 84.4 Å². The fourth-order valence-electron chi connectivity index (χ4n) is 2.38. The zero-order chi connectivity index (χ0) is 15.4. The molecule has 0 amide bonds. The number of para-hydroxylation sites is 1. The number of hydrogen-bond acceptors (Lipinski definition) is 2. The SMILES string of the molecule is CC(N)c1ccc(Oc2ccccc2)c(-c2ccccc2)c1. The first kappa shape index (κ1) is 14.4. The maximum absolute atomic E-state index is 6.06. The topological polar surface area (TPSA) is 35.2 Å². The molecule has 3 aromatic rings. The van der Waals surface area contributed by atoms with Crippen LogP contribution in [0, 0.1) is 0 Å². The predicted molar refractivity (Wildman–Crippen MR) is 91.0 cm³/mol. The molecule has 0 heterocycles.